The van der Waals surface area contributed by atoms with Gasteiger partial charge in [0.2, 0.25) is 0 Å². The van der Waals surface area contributed by atoms with Crippen LogP contribution >= 0.6 is 23.2 Å². The molecule has 0 spiro atoms. The maximum atomic E-state index is 12.9. The summed E-state index contributed by atoms with van der Waals surface area (Å²) in [4.78, 5) is 6.96. The van der Waals surface area contributed by atoms with Gasteiger partial charge < -0.3 is 0 Å². The van der Waals surface area contributed by atoms with Gasteiger partial charge in [0.15, 0.2) is 16.1 Å². The zero-order valence-electron chi connectivity index (χ0n) is 7.78. The third-order valence-electron chi connectivity index (χ3n) is 1.68. The Hall–Kier alpha value is -0.620. The molecule has 8 heteroatoms. The fourth-order valence-electron chi connectivity index (χ4n) is 0.994. The fraction of sp³-hybridized carbons (Fsp3) is 0.500. The van der Waals surface area contributed by atoms with E-state index in [4.69, 9.17) is 23.2 Å². The van der Waals surface area contributed by atoms with Crippen molar-refractivity contribution in [2.75, 3.05) is 0 Å². The standard InChI is InChI=1S/C8H6Cl2F4N2/c9-6-5(11)7(10)16-4(15-6)2-1-3-8(12,13)14/h1-3H2. The first-order chi connectivity index (χ1) is 7.29. The third kappa shape index (κ3) is 4.09. The first-order valence-electron chi connectivity index (χ1n) is 4.24. The van der Waals surface area contributed by atoms with Crippen LogP contribution in [0.4, 0.5) is 17.6 Å². The minimum absolute atomic E-state index is 0.000602. The van der Waals surface area contributed by atoms with Crippen LogP contribution in [0.15, 0.2) is 0 Å². The zero-order chi connectivity index (χ0) is 12.3. The summed E-state index contributed by atoms with van der Waals surface area (Å²) in [5.41, 5.74) is 0. The van der Waals surface area contributed by atoms with Crippen molar-refractivity contribution in [3.05, 3.63) is 21.9 Å². The minimum Gasteiger partial charge on any atom is -0.218 e. The fourth-order valence-corrected chi connectivity index (χ4v) is 1.42. The largest absolute Gasteiger partial charge is 0.389 e. The second kappa shape index (κ2) is 5.14. The molecule has 1 heterocycles. The molecule has 0 saturated carbocycles. The number of nitrogens with zero attached hydrogens (tertiary/aromatic N) is 2. The Kier molecular flexibility index (Phi) is 4.32. The van der Waals surface area contributed by atoms with Crippen molar-refractivity contribution in [2.45, 2.75) is 25.4 Å². The predicted molar refractivity (Wildman–Crippen MR) is 51.0 cm³/mol. The monoisotopic (exact) mass is 276 g/mol. The van der Waals surface area contributed by atoms with Crippen LogP contribution in [0.5, 0.6) is 0 Å². The van der Waals surface area contributed by atoms with E-state index in [1.807, 2.05) is 0 Å². The van der Waals surface area contributed by atoms with Crippen LogP contribution in [0, 0.1) is 5.82 Å². The molecule has 90 valence electrons. The lowest BCUT2D eigenvalue weighted by Crippen LogP contribution is -2.08. The van der Waals surface area contributed by atoms with Crippen LogP contribution in [-0.4, -0.2) is 16.1 Å². The van der Waals surface area contributed by atoms with E-state index in [1.54, 1.807) is 0 Å². The van der Waals surface area contributed by atoms with Crippen molar-refractivity contribution in [2.24, 2.45) is 0 Å². The van der Waals surface area contributed by atoms with Gasteiger partial charge in [-0.25, -0.2) is 14.4 Å². The van der Waals surface area contributed by atoms with E-state index in [-0.39, 0.29) is 18.7 Å². The molecule has 1 rings (SSSR count). The summed E-state index contributed by atoms with van der Waals surface area (Å²) in [7, 11) is 0. The molecule has 0 N–H and O–H groups in total. The molecule has 0 fully saturated rings. The van der Waals surface area contributed by atoms with Crippen molar-refractivity contribution in [1.82, 2.24) is 9.97 Å². The molecule has 0 aromatic carbocycles. The molecule has 1 aromatic rings. The second-order valence-corrected chi connectivity index (χ2v) is 3.72. The van der Waals surface area contributed by atoms with Crippen molar-refractivity contribution in [3.63, 3.8) is 0 Å². The second-order valence-electron chi connectivity index (χ2n) is 3.00. The maximum Gasteiger partial charge on any atom is 0.389 e. The van der Waals surface area contributed by atoms with Crippen LogP contribution in [0.2, 0.25) is 10.3 Å². The number of hydrogen-bond donors (Lipinski definition) is 0. The van der Waals surface area contributed by atoms with Crippen LogP contribution in [0.3, 0.4) is 0 Å². The molecule has 0 saturated heterocycles. The van der Waals surface area contributed by atoms with Crippen molar-refractivity contribution in [1.29, 1.82) is 0 Å². The molecule has 0 aliphatic carbocycles. The normalized spacial score (nSPS) is 11.9. The van der Waals surface area contributed by atoms with Gasteiger partial charge in [-0.15, -0.1) is 0 Å². The molecule has 0 aliphatic rings. The Morgan fingerprint density at radius 3 is 2.00 bits per heavy atom. The van der Waals surface area contributed by atoms with E-state index in [2.05, 4.69) is 9.97 Å². The van der Waals surface area contributed by atoms with E-state index >= 15 is 0 Å². The van der Waals surface area contributed by atoms with Crippen molar-refractivity contribution < 1.29 is 17.6 Å². The Balaban J connectivity index is 2.62. The lowest BCUT2D eigenvalue weighted by Gasteiger charge is -2.05. The van der Waals surface area contributed by atoms with Gasteiger partial charge in [0.05, 0.1) is 0 Å². The Morgan fingerprint density at radius 2 is 1.56 bits per heavy atom. The summed E-state index contributed by atoms with van der Waals surface area (Å²) >= 11 is 10.7. The molecule has 0 radical (unpaired) electrons. The summed E-state index contributed by atoms with van der Waals surface area (Å²) in [6.07, 6.45) is -5.43. The number of aryl methyl sites for hydroxylation is 1. The van der Waals surface area contributed by atoms with Crippen LogP contribution in [0.1, 0.15) is 18.7 Å². The molecule has 0 aliphatic heterocycles. The zero-order valence-corrected chi connectivity index (χ0v) is 9.30. The number of hydrogen-bond acceptors (Lipinski definition) is 2. The average molecular weight is 277 g/mol. The van der Waals surface area contributed by atoms with Gasteiger partial charge in [-0.05, 0) is 6.42 Å². The Bertz CT molecular complexity index is 358. The predicted octanol–water partition coefficient (Wildman–Crippen LogP) is 3.81. The Labute approximate surface area is 98.6 Å². The SMILES string of the molecule is Fc1c(Cl)nc(CCCC(F)(F)F)nc1Cl. The highest BCUT2D eigenvalue weighted by molar-refractivity contribution is 6.33. The van der Waals surface area contributed by atoms with E-state index in [0.717, 1.165) is 0 Å². The van der Waals surface area contributed by atoms with Gasteiger partial charge in [0.25, 0.3) is 0 Å². The first kappa shape index (κ1) is 13.4. The highest BCUT2D eigenvalue weighted by Crippen LogP contribution is 2.23. The summed E-state index contributed by atoms with van der Waals surface area (Å²) in [5, 5.41) is -0.969. The van der Waals surface area contributed by atoms with Crippen LogP contribution in [0.25, 0.3) is 0 Å². The number of rotatable bonds is 3. The van der Waals surface area contributed by atoms with Crippen LogP contribution in [-0.2, 0) is 6.42 Å². The molecular weight excluding hydrogens is 271 g/mol. The third-order valence-corrected chi connectivity index (χ3v) is 2.18. The summed E-state index contributed by atoms with van der Waals surface area (Å²) in [6, 6.07) is 0. The first-order valence-corrected chi connectivity index (χ1v) is 4.99. The number of halogens is 6. The summed E-state index contributed by atoms with van der Waals surface area (Å²) < 4.78 is 48.3. The quantitative estimate of drug-likeness (QED) is 0.620. The smallest absolute Gasteiger partial charge is 0.218 e. The number of alkyl halides is 3. The molecule has 1 aromatic heterocycles. The molecule has 2 nitrogen and oxygen atoms in total. The van der Waals surface area contributed by atoms with Crippen molar-refractivity contribution >= 4 is 23.2 Å². The number of aromatic nitrogens is 2. The van der Waals surface area contributed by atoms with Gasteiger partial charge in [-0.2, -0.15) is 13.2 Å². The average Bonchev–Trinajstić information content (AvgIpc) is 2.12. The summed E-state index contributed by atoms with van der Waals surface area (Å²) in [6.45, 7) is 0. The molecule has 16 heavy (non-hydrogen) atoms. The van der Waals surface area contributed by atoms with E-state index in [1.165, 1.54) is 0 Å². The molecule has 0 unspecified atom stereocenters. The topological polar surface area (TPSA) is 25.8 Å². The highest BCUT2D eigenvalue weighted by Gasteiger charge is 2.26. The maximum absolute atomic E-state index is 12.9. The molecule has 0 amide bonds. The molecule has 0 bridgehead atoms. The van der Waals surface area contributed by atoms with Gasteiger partial charge in [0, 0.05) is 12.8 Å². The van der Waals surface area contributed by atoms with Gasteiger partial charge in [0.1, 0.15) is 5.82 Å². The highest BCUT2D eigenvalue weighted by atomic mass is 35.5. The molecule has 0 atom stereocenters. The van der Waals surface area contributed by atoms with E-state index in [0.29, 0.717) is 0 Å². The molecular formula is C8H6Cl2F4N2. The summed E-state index contributed by atoms with van der Waals surface area (Å²) in [5.74, 6) is -0.969. The van der Waals surface area contributed by atoms with Gasteiger partial charge in [-0.1, -0.05) is 23.2 Å². The lowest BCUT2D eigenvalue weighted by atomic mass is 10.2. The van der Waals surface area contributed by atoms with Gasteiger partial charge in [-0.3, -0.25) is 0 Å². The van der Waals surface area contributed by atoms with Gasteiger partial charge >= 0.3 is 6.18 Å². The van der Waals surface area contributed by atoms with Crippen molar-refractivity contribution in [3.8, 4) is 0 Å². The minimum atomic E-state index is -4.23. The van der Waals surface area contributed by atoms with E-state index in [9.17, 15) is 17.6 Å². The van der Waals surface area contributed by atoms with Crippen LogP contribution < -0.4 is 0 Å². The Morgan fingerprint density at radius 1 is 1.06 bits per heavy atom. The lowest BCUT2D eigenvalue weighted by molar-refractivity contribution is -0.135. The van der Waals surface area contributed by atoms with E-state index < -0.39 is 28.7 Å².